The number of hydrogen-bond acceptors (Lipinski definition) is 4. The summed E-state index contributed by atoms with van der Waals surface area (Å²) in [4.78, 5) is 12.5. The van der Waals surface area contributed by atoms with Crippen molar-refractivity contribution in [2.24, 2.45) is 0 Å². The molecule has 1 N–H and O–H groups in total. The molecule has 0 saturated carbocycles. The van der Waals surface area contributed by atoms with Crippen LogP contribution in [0.5, 0.6) is 5.75 Å². The van der Waals surface area contributed by atoms with Crippen LogP contribution in [0.25, 0.3) is 0 Å². The molecule has 19 heavy (non-hydrogen) atoms. The van der Waals surface area contributed by atoms with Gasteiger partial charge in [0.2, 0.25) is 0 Å². The minimum absolute atomic E-state index is 0.0542. The lowest BCUT2D eigenvalue weighted by Gasteiger charge is -2.24. The van der Waals surface area contributed by atoms with Crippen LogP contribution in [0, 0.1) is 20.8 Å². The number of aryl methyl sites for hydroxylation is 1. The largest absolute Gasteiger partial charge is 0.496 e. The van der Waals surface area contributed by atoms with Crippen molar-refractivity contribution in [2.45, 2.75) is 26.9 Å². The number of carbonyl (C=O) groups is 1. The number of hydrogen-bond donors (Lipinski definition) is 1. The van der Waals surface area contributed by atoms with Crippen LogP contribution >= 0.6 is 0 Å². The second kappa shape index (κ2) is 5.72. The van der Waals surface area contributed by atoms with Crippen LogP contribution in [0.15, 0.2) is 6.07 Å². The van der Waals surface area contributed by atoms with Crippen molar-refractivity contribution in [2.75, 3.05) is 26.8 Å². The fourth-order valence-electron chi connectivity index (χ4n) is 2.54. The first-order valence-corrected chi connectivity index (χ1v) is 6.57. The van der Waals surface area contributed by atoms with Gasteiger partial charge in [-0.2, -0.15) is 0 Å². The first kappa shape index (κ1) is 14.0. The predicted molar refractivity (Wildman–Crippen MR) is 74.1 cm³/mol. The molecule has 2 rings (SSSR count). The summed E-state index contributed by atoms with van der Waals surface area (Å²) in [5.41, 5.74) is 3.72. The molecule has 1 unspecified atom stereocenters. The molecule has 104 valence electrons. The molecule has 1 aliphatic heterocycles. The number of Topliss-reactive ketones (excluding diaryl/α,β-unsaturated/α-hetero) is 1. The summed E-state index contributed by atoms with van der Waals surface area (Å²) in [5, 5.41) is 3.19. The van der Waals surface area contributed by atoms with Gasteiger partial charge in [-0.15, -0.1) is 0 Å². The smallest absolute Gasteiger partial charge is 0.193 e. The monoisotopic (exact) mass is 263 g/mol. The highest BCUT2D eigenvalue weighted by Gasteiger charge is 2.25. The molecular formula is C15H21NO3. The molecule has 1 aliphatic rings. The molecule has 1 aromatic carbocycles. The van der Waals surface area contributed by atoms with Gasteiger partial charge in [0.25, 0.3) is 0 Å². The van der Waals surface area contributed by atoms with Crippen molar-refractivity contribution in [1.29, 1.82) is 0 Å². The lowest BCUT2D eigenvalue weighted by atomic mass is 9.93. The van der Waals surface area contributed by atoms with E-state index in [0.717, 1.165) is 34.5 Å². The molecule has 1 fully saturated rings. The Balaban J connectivity index is 2.36. The highest BCUT2D eigenvalue weighted by Crippen LogP contribution is 2.29. The van der Waals surface area contributed by atoms with Gasteiger partial charge in [0.05, 0.1) is 13.7 Å². The Labute approximate surface area is 114 Å². The summed E-state index contributed by atoms with van der Waals surface area (Å²) in [5.74, 6) is 0.912. The number of carbonyl (C=O) groups excluding carboxylic acids is 1. The number of methoxy groups -OCH3 is 1. The summed E-state index contributed by atoms with van der Waals surface area (Å²) in [6.07, 6.45) is -0.375. The van der Waals surface area contributed by atoms with Crippen LogP contribution in [0.4, 0.5) is 0 Å². The van der Waals surface area contributed by atoms with Crippen LogP contribution < -0.4 is 10.1 Å². The molecular weight excluding hydrogens is 242 g/mol. The zero-order chi connectivity index (χ0) is 14.0. The van der Waals surface area contributed by atoms with Crippen LogP contribution in [0.2, 0.25) is 0 Å². The van der Waals surface area contributed by atoms with Crippen molar-refractivity contribution in [3.63, 3.8) is 0 Å². The highest BCUT2D eigenvalue weighted by molar-refractivity contribution is 6.01. The maximum absolute atomic E-state index is 12.5. The van der Waals surface area contributed by atoms with Gasteiger partial charge in [-0.25, -0.2) is 0 Å². The van der Waals surface area contributed by atoms with Crippen LogP contribution in [0.1, 0.15) is 27.0 Å². The first-order valence-electron chi connectivity index (χ1n) is 6.57. The SMILES string of the molecule is COc1c(C)cc(C(=O)C2CNCCO2)c(C)c1C. The van der Waals surface area contributed by atoms with Gasteiger partial charge in [0, 0.05) is 18.7 Å². The minimum Gasteiger partial charge on any atom is -0.496 e. The zero-order valence-corrected chi connectivity index (χ0v) is 12.0. The molecule has 0 amide bonds. The third kappa shape index (κ3) is 2.65. The van der Waals surface area contributed by atoms with E-state index in [0.29, 0.717) is 13.2 Å². The Bertz CT molecular complexity index is 491. The van der Waals surface area contributed by atoms with Gasteiger partial charge < -0.3 is 14.8 Å². The van der Waals surface area contributed by atoms with Gasteiger partial charge >= 0.3 is 0 Å². The molecule has 0 spiro atoms. The summed E-state index contributed by atoms with van der Waals surface area (Å²) in [7, 11) is 1.66. The molecule has 4 heteroatoms. The third-order valence-electron chi connectivity index (χ3n) is 3.72. The van der Waals surface area contributed by atoms with Gasteiger partial charge in [0.15, 0.2) is 5.78 Å². The molecule has 4 nitrogen and oxygen atoms in total. The Hall–Kier alpha value is -1.39. The number of morpholine rings is 1. The highest BCUT2D eigenvalue weighted by atomic mass is 16.5. The molecule has 1 saturated heterocycles. The summed E-state index contributed by atoms with van der Waals surface area (Å²) in [6.45, 7) is 7.89. The van der Waals surface area contributed by atoms with E-state index in [9.17, 15) is 4.79 Å². The molecule has 0 aliphatic carbocycles. The summed E-state index contributed by atoms with van der Waals surface area (Å²) < 4.78 is 10.9. The van der Waals surface area contributed by atoms with Gasteiger partial charge in [0.1, 0.15) is 11.9 Å². The first-order chi connectivity index (χ1) is 9.06. The van der Waals surface area contributed by atoms with E-state index in [-0.39, 0.29) is 11.9 Å². The van der Waals surface area contributed by atoms with E-state index in [4.69, 9.17) is 9.47 Å². The van der Waals surface area contributed by atoms with E-state index in [1.165, 1.54) is 0 Å². The lowest BCUT2D eigenvalue weighted by molar-refractivity contribution is 0.0268. The molecule has 0 bridgehead atoms. The Morgan fingerprint density at radius 1 is 1.37 bits per heavy atom. The van der Waals surface area contributed by atoms with Gasteiger partial charge in [-0.3, -0.25) is 4.79 Å². The third-order valence-corrected chi connectivity index (χ3v) is 3.72. The van der Waals surface area contributed by atoms with Gasteiger partial charge in [-0.05, 0) is 43.5 Å². The van der Waals surface area contributed by atoms with E-state index in [2.05, 4.69) is 5.32 Å². The maximum atomic E-state index is 12.5. The quantitative estimate of drug-likeness (QED) is 0.845. The van der Waals surface area contributed by atoms with Crippen molar-refractivity contribution in [3.8, 4) is 5.75 Å². The Morgan fingerprint density at radius 3 is 2.68 bits per heavy atom. The molecule has 0 aromatic heterocycles. The molecule has 1 heterocycles. The van der Waals surface area contributed by atoms with Crippen molar-refractivity contribution >= 4 is 5.78 Å². The van der Waals surface area contributed by atoms with Crippen LogP contribution in [-0.2, 0) is 4.74 Å². The molecule has 1 aromatic rings. The van der Waals surface area contributed by atoms with Crippen molar-refractivity contribution < 1.29 is 14.3 Å². The van der Waals surface area contributed by atoms with E-state index in [1.54, 1.807) is 7.11 Å². The van der Waals surface area contributed by atoms with E-state index < -0.39 is 0 Å². The van der Waals surface area contributed by atoms with Crippen molar-refractivity contribution in [1.82, 2.24) is 5.32 Å². The summed E-state index contributed by atoms with van der Waals surface area (Å²) in [6, 6.07) is 1.90. The normalized spacial score (nSPS) is 19.3. The van der Waals surface area contributed by atoms with E-state index >= 15 is 0 Å². The topological polar surface area (TPSA) is 47.6 Å². The van der Waals surface area contributed by atoms with Crippen LogP contribution in [0.3, 0.4) is 0 Å². The van der Waals surface area contributed by atoms with Crippen LogP contribution in [-0.4, -0.2) is 38.7 Å². The molecule has 1 atom stereocenters. The zero-order valence-electron chi connectivity index (χ0n) is 12.0. The fourth-order valence-corrected chi connectivity index (χ4v) is 2.54. The number of nitrogens with one attached hydrogen (secondary N) is 1. The number of rotatable bonds is 3. The fraction of sp³-hybridized carbons (Fsp3) is 0.533. The predicted octanol–water partition coefficient (Wildman–Crippen LogP) is 1.79. The van der Waals surface area contributed by atoms with Crippen molar-refractivity contribution in [3.05, 3.63) is 28.3 Å². The second-order valence-electron chi connectivity index (χ2n) is 4.95. The minimum atomic E-state index is -0.375. The number of ketones is 1. The number of ether oxygens (including phenoxy) is 2. The summed E-state index contributed by atoms with van der Waals surface area (Å²) >= 11 is 0. The standard InChI is InChI=1S/C15H21NO3/c1-9-7-12(10(2)11(3)15(9)18-4)14(17)13-8-16-5-6-19-13/h7,13,16H,5-6,8H2,1-4H3. The Kier molecular flexibility index (Phi) is 4.22. The maximum Gasteiger partial charge on any atom is 0.193 e. The number of benzene rings is 1. The Morgan fingerprint density at radius 2 is 2.11 bits per heavy atom. The average Bonchev–Trinajstić information content (AvgIpc) is 2.43. The molecule has 0 radical (unpaired) electrons. The van der Waals surface area contributed by atoms with E-state index in [1.807, 2.05) is 26.8 Å². The van der Waals surface area contributed by atoms with Gasteiger partial charge in [-0.1, -0.05) is 0 Å². The average molecular weight is 263 g/mol. The second-order valence-corrected chi connectivity index (χ2v) is 4.95. The lowest BCUT2D eigenvalue weighted by Crippen LogP contribution is -2.43.